The first-order valence-corrected chi connectivity index (χ1v) is 10.9. The summed E-state index contributed by atoms with van der Waals surface area (Å²) in [7, 11) is 0. The van der Waals surface area contributed by atoms with Crippen LogP contribution in [0, 0.1) is 5.92 Å². The number of aryl methyl sites for hydroxylation is 2. The SMILES string of the molecule is CCC(CC)COC(=O)c1c(N)n(CCc2ccccc2)c2nc3ccccc3nc12. The molecular weight excluding hydrogens is 388 g/mol. The lowest BCUT2D eigenvalue weighted by atomic mass is 10.1. The number of fused-ring (bicyclic) bond motifs is 2. The van der Waals surface area contributed by atoms with Crippen LogP contribution in [-0.4, -0.2) is 27.1 Å². The van der Waals surface area contributed by atoms with Gasteiger partial charge in [0.15, 0.2) is 5.65 Å². The van der Waals surface area contributed by atoms with Gasteiger partial charge in [0.05, 0.1) is 17.6 Å². The quantitative estimate of drug-likeness (QED) is 0.409. The highest BCUT2D eigenvalue weighted by Crippen LogP contribution is 2.29. The van der Waals surface area contributed by atoms with E-state index in [2.05, 4.69) is 26.0 Å². The van der Waals surface area contributed by atoms with Crippen LogP contribution in [0.15, 0.2) is 54.6 Å². The Balaban J connectivity index is 1.76. The maximum Gasteiger partial charge on any atom is 0.344 e. The first-order valence-electron chi connectivity index (χ1n) is 10.9. The fourth-order valence-electron chi connectivity index (χ4n) is 3.82. The van der Waals surface area contributed by atoms with Gasteiger partial charge in [-0.25, -0.2) is 14.8 Å². The van der Waals surface area contributed by atoms with E-state index < -0.39 is 5.97 Å². The zero-order valence-electron chi connectivity index (χ0n) is 18.0. The number of carbonyl (C=O) groups excluding carboxylic acids is 1. The first-order chi connectivity index (χ1) is 15.1. The molecule has 0 saturated carbocycles. The van der Waals surface area contributed by atoms with Crippen LogP contribution in [0.5, 0.6) is 0 Å². The third-order valence-electron chi connectivity index (χ3n) is 5.87. The lowest BCUT2D eigenvalue weighted by molar-refractivity contribution is 0.0436. The Morgan fingerprint density at radius 3 is 2.32 bits per heavy atom. The molecule has 0 atom stereocenters. The monoisotopic (exact) mass is 416 g/mol. The van der Waals surface area contributed by atoms with Crippen LogP contribution in [0.3, 0.4) is 0 Å². The number of hydrogen-bond donors (Lipinski definition) is 1. The highest BCUT2D eigenvalue weighted by atomic mass is 16.5. The molecule has 0 aliphatic carbocycles. The van der Waals surface area contributed by atoms with Crippen molar-refractivity contribution in [1.29, 1.82) is 0 Å². The van der Waals surface area contributed by atoms with Crippen LogP contribution in [0.25, 0.3) is 22.2 Å². The summed E-state index contributed by atoms with van der Waals surface area (Å²) in [5.41, 5.74) is 10.6. The summed E-state index contributed by atoms with van der Waals surface area (Å²) < 4.78 is 7.53. The van der Waals surface area contributed by atoms with Crippen LogP contribution in [0.4, 0.5) is 5.82 Å². The Morgan fingerprint density at radius 1 is 1.00 bits per heavy atom. The third-order valence-corrected chi connectivity index (χ3v) is 5.87. The first kappa shape index (κ1) is 20.8. The summed E-state index contributed by atoms with van der Waals surface area (Å²) in [6.07, 6.45) is 2.69. The van der Waals surface area contributed by atoms with E-state index in [1.54, 1.807) is 0 Å². The number of hydrogen-bond acceptors (Lipinski definition) is 5. The minimum atomic E-state index is -0.433. The molecule has 2 heterocycles. The molecule has 0 aliphatic heterocycles. The van der Waals surface area contributed by atoms with Gasteiger partial charge >= 0.3 is 5.97 Å². The second-order valence-electron chi connectivity index (χ2n) is 7.81. The molecule has 4 rings (SSSR count). The molecule has 0 bridgehead atoms. The Hall–Kier alpha value is -3.41. The molecule has 0 fully saturated rings. The van der Waals surface area contributed by atoms with Crippen LogP contribution < -0.4 is 5.73 Å². The second kappa shape index (κ2) is 9.16. The van der Waals surface area contributed by atoms with Crippen molar-refractivity contribution in [3.05, 3.63) is 65.7 Å². The van der Waals surface area contributed by atoms with Crippen molar-refractivity contribution in [2.24, 2.45) is 5.92 Å². The summed E-state index contributed by atoms with van der Waals surface area (Å²) >= 11 is 0. The molecule has 0 aliphatic rings. The summed E-state index contributed by atoms with van der Waals surface area (Å²) in [5.74, 6) is 0.261. The van der Waals surface area contributed by atoms with Crippen LogP contribution in [0.2, 0.25) is 0 Å². The van der Waals surface area contributed by atoms with Gasteiger partial charge in [-0.2, -0.15) is 0 Å². The van der Waals surface area contributed by atoms with E-state index in [0.29, 0.717) is 41.6 Å². The number of nitrogens with two attached hydrogens (primary N) is 1. The maximum absolute atomic E-state index is 13.1. The van der Waals surface area contributed by atoms with E-state index in [9.17, 15) is 4.79 Å². The predicted octanol–water partition coefficient (Wildman–Crippen LogP) is 5.00. The van der Waals surface area contributed by atoms with Gasteiger partial charge in [-0.1, -0.05) is 69.2 Å². The fraction of sp³-hybridized carbons (Fsp3) is 0.320. The lowest BCUT2D eigenvalue weighted by Gasteiger charge is -2.12. The normalized spacial score (nSPS) is 11.5. The molecule has 2 N–H and O–H groups in total. The van der Waals surface area contributed by atoms with Crippen molar-refractivity contribution in [2.45, 2.75) is 39.7 Å². The van der Waals surface area contributed by atoms with Crippen molar-refractivity contribution >= 4 is 34.0 Å². The Kier molecular flexibility index (Phi) is 6.16. The van der Waals surface area contributed by atoms with Crippen molar-refractivity contribution in [1.82, 2.24) is 14.5 Å². The van der Waals surface area contributed by atoms with Gasteiger partial charge in [0.25, 0.3) is 0 Å². The van der Waals surface area contributed by atoms with Gasteiger partial charge in [-0.05, 0) is 30.0 Å². The largest absolute Gasteiger partial charge is 0.462 e. The number of nitrogens with zero attached hydrogens (tertiary/aromatic N) is 3. The third kappa shape index (κ3) is 4.24. The van der Waals surface area contributed by atoms with Crippen molar-refractivity contribution in [2.75, 3.05) is 12.3 Å². The number of rotatable bonds is 8. The van der Waals surface area contributed by atoms with E-state index in [4.69, 9.17) is 20.4 Å². The molecule has 0 spiro atoms. The molecular formula is C25H28N4O2. The van der Waals surface area contributed by atoms with E-state index in [1.165, 1.54) is 5.56 Å². The molecule has 2 aromatic heterocycles. The summed E-state index contributed by atoms with van der Waals surface area (Å²) in [6.45, 7) is 5.18. The van der Waals surface area contributed by atoms with Crippen molar-refractivity contribution in [3.63, 3.8) is 0 Å². The smallest absolute Gasteiger partial charge is 0.344 e. The Morgan fingerprint density at radius 2 is 1.65 bits per heavy atom. The number of aromatic nitrogens is 3. The number of nitrogen functional groups attached to an aromatic ring is 1. The van der Waals surface area contributed by atoms with Crippen molar-refractivity contribution in [3.8, 4) is 0 Å². The zero-order valence-corrected chi connectivity index (χ0v) is 18.0. The molecule has 31 heavy (non-hydrogen) atoms. The van der Waals surface area contributed by atoms with Crippen LogP contribution in [0.1, 0.15) is 42.6 Å². The van der Waals surface area contributed by atoms with E-state index in [0.717, 1.165) is 30.3 Å². The second-order valence-corrected chi connectivity index (χ2v) is 7.81. The molecule has 0 radical (unpaired) electrons. The summed E-state index contributed by atoms with van der Waals surface area (Å²) in [6, 6.07) is 17.8. The Bertz CT molecular complexity index is 1200. The van der Waals surface area contributed by atoms with E-state index in [1.807, 2.05) is 47.0 Å². The number of ether oxygens (including phenoxy) is 1. The molecule has 0 unspecified atom stereocenters. The average Bonchev–Trinajstić information content (AvgIpc) is 3.07. The number of carbonyl (C=O) groups is 1. The minimum Gasteiger partial charge on any atom is -0.462 e. The number of anilines is 1. The molecule has 2 aromatic carbocycles. The Labute approximate surface area is 182 Å². The van der Waals surface area contributed by atoms with Gasteiger partial charge < -0.3 is 15.0 Å². The van der Waals surface area contributed by atoms with Gasteiger partial charge in [0.2, 0.25) is 0 Å². The zero-order chi connectivity index (χ0) is 21.8. The summed E-state index contributed by atoms with van der Waals surface area (Å²) in [4.78, 5) is 22.6. The maximum atomic E-state index is 13.1. The van der Waals surface area contributed by atoms with Crippen LogP contribution >= 0.6 is 0 Å². The molecule has 0 saturated heterocycles. The topological polar surface area (TPSA) is 83.0 Å². The average molecular weight is 417 g/mol. The number of para-hydroxylation sites is 2. The fourth-order valence-corrected chi connectivity index (χ4v) is 3.82. The standard InChI is InChI=1S/C25H28N4O2/c1-3-17(4-2)16-31-25(30)21-22-24(28-20-13-9-8-12-19(20)27-22)29(23(21)26)15-14-18-10-6-5-7-11-18/h5-13,17H,3-4,14-16,26H2,1-2H3. The van der Waals surface area contributed by atoms with Gasteiger partial charge in [-0.3, -0.25) is 0 Å². The predicted molar refractivity (Wildman–Crippen MR) is 124 cm³/mol. The van der Waals surface area contributed by atoms with Gasteiger partial charge in [0.1, 0.15) is 16.9 Å². The van der Waals surface area contributed by atoms with Gasteiger partial charge in [-0.15, -0.1) is 0 Å². The molecule has 0 amide bonds. The number of benzene rings is 2. The summed E-state index contributed by atoms with van der Waals surface area (Å²) in [5, 5.41) is 0. The van der Waals surface area contributed by atoms with Crippen LogP contribution in [-0.2, 0) is 17.7 Å². The minimum absolute atomic E-state index is 0.312. The highest BCUT2D eigenvalue weighted by molar-refractivity contribution is 6.08. The number of esters is 1. The molecule has 160 valence electrons. The molecule has 6 nitrogen and oxygen atoms in total. The lowest BCUT2D eigenvalue weighted by Crippen LogP contribution is -2.15. The molecule has 4 aromatic rings. The molecule has 6 heteroatoms. The van der Waals surface area contributed by atoms with E-state index in [-0.39, 0.29) is 0 Å². The highest BCUT2D eigenvalue weighted by Gasteiger charge is 2.25. The van der Waals surface area contributed by atoms with E-state index >= 15 is 0 Å². The van der Waals surface area contributed by atoms with Crippen molar-refractivity contribution < 1.29 is 9.53 Å². The van der Waals surface area contributed by atoms with Gasteiger partial charge in [0, 0.05) is 6.54 Å².